The summed E-state index contributed by atoms with van der Waals surface area (Å²) < 4.78 is 5.00. The van der Waals surface area contributed by atoms with E-state index in [-0.39, 0.29) is 11.5 Å². The first-order valence-electron chi connectivity index (χ1n) is 5.56. The molecule has 2 rings (SSSR count). The largest absolute Gasteiger partial charge is 0.508 e. The van der Waals surface area contributed by atoms with Crippen LogP contribution in [0.1, 0.15) is 0 Å². The van der Waals surface area contributed by atoms with Crippen molar-refractivity contribution in [2.45, 2.75) is 0 Å². The lowest BCUT2D eigenvalue weighted by molar-refractivity contribution is -0.128. The zero-order chi connectivity index (χ0) is 13.8. The van der Waals surface area contributed by atoms with Gasteiger partial charge in [-0.15, -0.1) is 0 Å². The Morgan fingerprint density at radius 3 is 2.37 bits per heavy atom. The molecule has 0 atom stereocenters. The Bertz CT molecular complexity index is 612. The van der Waals surface area contributed by atoms with Crippen LogP contribution in [0.5, 0.6) is 17.2 Å². The predicted molar refractivity (Wildman–Crippen MR) is 71.0 cm³/mol. The molecule has 4 nitrogen and oxygen atoms in total. The number of benzene rings is 2. The second kappa shape index (κ2) is 5.27. The van der Waals surface area contributed by atoms with Gasteiger partial charge in [-0.25, -0.2) is 4.79 Å². The number of ether oxygens (including phenoxy) is 1. The van der Waals surface area contributed by atoms with Gasteiger partial charge in [0, 0.05) is 12.1 Å². The summed E-state index contributed by atoms with van der Waals surface area (Å²) in [6.07, 6.45) is 1.08. The molecule has 4 heteroatoms. The number of hydrogen-bond donors (Lipinski definition) is 2. The van der Waals surface area contributed by atoms with Crippen molar-refractivity contribution in [1.29, 1.82) is 0 Å². The average Bonchev–Trinajstić information content (AvgIpc) is 2.38. The Morgan fingerprint density at radius 2 is 1.74 bits per heavy atom. The number of rotatable bonds is 3. The zero-order valence-electron chi connectivity index (χ0n) is 10.0. The van der Waals surface area contributed by atoms with Crippen LogP contribution in [-0.2, 0) is 4.79 Å². The van der Waals surface area contributed by atoms with Crippen LogP contribution < -0.4 is 4.74 Å². The fourth-order valence-electron chi connectivity index (χ4n) is 1.66. The molecule has 0 fully saturated rings. The predicted octanol–water partition coefficient (Wildman–Crippen LogP) is 2.86. The van der Waals surface area contributed by atoms with Crippen LogP contribution in [0.2, 0.25) is 0 Å². The molecule has 0 radical (unpaired) electrons. The molecule has 0 heterocycles. The first-order valence-corrected chi connectivity index (χ1v) is 5.56. The first-order chi connectivity index (χ1) is 9.08. The second-order valence-corrected chi connectivity index (χ2v) is 3.89. The molecule has 0 aromatic heterocycles. The van der Waals surface area contributed by atoms with E-state index >= 15 is 0 Å². The molecule has 2 N–H and O–H groups in total. The number of phenols is 2. The Hall–Kier alpha value is -2.75. The molecule has 0 aliphatic rings. The number of phenolic OH excluding ortho intramolecular Hbond substituents is 2. The summed E-state index contributed by atoms with van der Waals surface area (Å²) in [6, 6.07) is 11.0. The van der Waals surface area contributed by atoms with E-state index in [2.05, 4.69) is 6.58 Å². The van der Waals surface area contributed by atoms with Crippen LogP contribution in [-0.4, -0.2) is 16.2 Å². The van der Waals surface area contributed by atoms with Crippen LogP contribution in [0.25, 0.3) is 11.1 Å². The summed E-state index contributed by atoms with van der Waals surface area (Å²) in [5.74, 6) is -0.256. The maximum absolute atomic E-state index is 11.1. The molecule has 0 saturated heterocycles. The van der Waals surface area contributed by atoms with Gasteiger partial charge in [0.25, 0.3) is 0 Å². The molecule has 96 valence electrons. The third-order valence-electron chi connectivity index (χ3n) is 2.46. The maximum atomic E-state index is 11.1. The summed E-state index contributed by atoms with van der Waals surface area (Å²) in [4.78, 5) is 11.1. The lowest BCUT2D eigenvalue weighted by Gasteiger charge is -2.06. The highest BCUT2D eigenvalue weighted by Crippen LogP contribution is 2.30. The first kappa shape index (κ1) is 12.7. The standard InChI is InChI=1S/C15H12O4/c1-2-15(18)19-14-5-3-4-10(8-14)11-6-12(16)9-13(17)7-11/h2-9,16-17H,1H2. The molecule has 2 aromatic carbocycles. The minimum Gasteiger partial charge on any atom is -0.508 e. The molecule has 0 bridgehead atoms. The van der Waals surface area contributed by atoms with Crippen LogP contribution in [0.15, 0.2) is 55.1 Å². The van der Waals surface area contributed by atoms with Crippen molar-refractivity contribution < 1.29 is 19.7 Å². The SMILES string of the molecule is C=CC(=O)Oc1cccc(-c2cc(O)cc(O)c2)c1. The molecular weight excluding hydrogens is 244 g/mol. The third kappa shape index (κ3) is 3.13. The fourth-order valence-corrected chi connectivity index (χ4v) is 1.66. The normalized spacial score (nSPS) is 9.89. The van der Waals surface area contributed by atoms with E-state index in [0.717, 1.165) is 6.08 Å². The monoisotopic (exact) mass is 256 g/mol. The van der Waals surface area contributed by atoms with Crippen LogP contribution >= 0.6 is 0 Å². The van der Waals surface area contributed by atoms with Gasteiger partial charge in [0.05, 0.1) is 0 Å². The topological polar surface area (TPSA) is 66.8 Å². The maximum Gasteiger partial charge on any atom is 0.335 e. The van der Waals surface area contributed by atoms with Crippen molar-refractivity contribution >= 4 is 5.97 Å². The number of aromatic hydroxyl groups is 2. The lowest BCUT2D eigenvalue weighted by atomic mass is 10.0. The highest BCUT2D eigenvalue weighted by atomic mass is 16.5. The van der Waals surface area contributed by atoms with Crippen molar-refractivity contribution in [3.05, 3.63) is 55.1 Å². The highest BCUT2D eigenvalue weighted by Gasteiger charge is 2.05. The van der Waals surface area contributed by atoms with Crippen molar-refractivity contribution in [2.75, 3.05) is 0 Å². The van der Waals surface area contributed by atoms with Gasteiger partial charge in [-0.05, 0) is 35.4 Å². The Balaban J connectivity index is 2.37. The molecule has 0 amide bonds. The van der Waals surface area contributed by atoms with Gasteiger partial charge in [-0.1, -0.05) is 18.7 Å². The number of esters is 1. The molecule has 19 heavy (non-hydrogen) atoms. The number of carbonyl (C=O) groups is 1. The molecule has 0 unspecified atom stereocenters. The van der Waals surface area contributed by atoms with Crippen LogP contribution in [0.3, 0.4) is 0 Å². The van der Waals surface area contributed by atoms with E-state index < -0.39 is 5.97 Å². The van der Waals surface area contributed by atoms with Gasteiger partial charge in [-0.3, -0.25) is 0 Å². The van der Waals surface area contributed by atoms with Crippen molar-refractivity contribution in [2.24, 2.45) is 0 Å². The van der Waals surface area contributed by atoms with Crippen molar-refractivity contribution in [3.8, 4) is 28.4 Å². The quantitative estimate of drug-likeness (QED) is 0.503. The Kier molecular flexibility index (Phi) is 3.52. The minimum absolute atomic E-state index is 0.0384. The highest BCUT2D eigenvalue weighted by molar-refractivity contribution is 5.83. The number of carbonyl (C=O) groups excluding carboxylic acids is 1. The van der Waals surface area contributed by atoms with Crippen molar-refractivity contribution in [1.82, 2.24) is 0 Å². The van der Waals surface area contributed by atoms with E-state index in [1.165, 1.54) is 18.2 Å². The van der Waals surface area contributed by atoms with Gasteiger partial charge in [0.1, 0.15) is 17.2 Å². The van der Waals surface area contributed by atoms with Crippen LogP contribution in [0.4, 0.5) is 0 Å². The fraction of sp³-hybridized carbons (Fsp3) is 0. The van der Waals surface area contributed by atoms with E-state index in [4.69, 9.17) is 4.74 Å². The van der Waals surface area contributed by atoms with E-state index in [0.29, 0.717) is 16.9 Å². The van der Waals surface area contributed by atoms with Crippen molar-refractivity contribution in [3.63, 3.8) is 0 Å². The molecule has 2 aromatic rings. The zero-order valence-corrected chi connectivity index (χ0v) is 10.0. The second-order valence-electron chi connectivity index (χ2n) is 3.89. The van der Waals surface area contributed by atoms with E-state index in [1.54, 1.807) is 24.3 Å². The van der Waals surface area contributed by atoms with Crippen LogP contribution in [0, 0.1) is 0 Å². The smallest absolute Gasteiger partial charge is 0.335 e. The summed E-state index contributed by atoms with van der Waals surface area (Å²) in [5, 5.41) is 18.9. The summed E-state index contributed by atoms with van der Waals surface area (Å²) in [6.45, 7) is 3.32. The summed E-state index contributed by atoms with van der Waals surface area (Å²) >= 11 is 0. The van der Waals surface area contributed by atoms with Gasteiger partial charge in [0.15, 0.2) is 0 Å². The molecule has 0 saturated carbocycles. The van der Waals surface area contributed by atoms with Gasteiger partial charge < -0.3 is 14.9 Å². The van der Waals surface area contributed by atoms with Gasteiger partial charge >= 0.3 is 5.97 Å². The third-order valence-corrected chi connectivity index (χ3v) is 2.46. The van der Waals surface area contributed by atoms with Gasteiger partial charge in [-0.2, -0.15) is 0 Å². The summed E-state index contributed by atoms with van der Waals surface area (Å²) in [7, 11) is 0. The lowest BCUT2D eigenvalue weighted by Crippen LogP contribution is -2.02. The molecule has 0 spiro atoms. The average molecular weight is 256 g/mol. The van der Waals surface area contributed by atoms with E-state index in [1.807, 2.05) is 0 Å². The van der Waals surface area contributed by atoms with E-state index in [9.17, 15) is 15.0 Å². The molecular formula is C15H12O4. The Morgan fingerprint density at radius 1 is 1.05 bits per heavy atom. The number of hydrogen-bond acceptors (Lipinski definition) is 4. The summed E-state index contributed by atoms with van der Waals surface area (Å²) in [5.41, 5.74) is 1.33. The Labute approximate surface area is 110 Å². The van der Waals surface area contributed by atoms with Gasteiger partial charge in [0.2, 0.25) is 0 Å². The molecule has 0 aliphatic heterocycles. The minimum atomic E-state index is -0.545. The molecule has 0 aliphatic carbocycles.